The molecule has 0 unspecified atom stereocenters. The van der Waals surface area contributed by atoms with Crippen LogP contribution >= 0.6 is 0 Å². The monoisotopic (exact) mass is 362 g/mol. The predicted octanol–water partition coefficient (Wildman–Crippen LogP) is 7.46. The molecule has 0 bridgehead atoms. The summed E-state index contributed by atoms with van der Waals surface area (Å²) in [5.74, 6) is 0.247. The second-order valence-electron chi connectivity index (χ2n) is 7.65. The van der Waals surface area contributed by atoms with E-state index in [0.29, 0.717) is 0 Å². The van der Waals surface area contributed by atoms with Crippen LogP contribution < -0.4 is 0 Å². The van der Waals surface area contributed by atoms with Crippen molar-refractivity contribution >= 4 is 0 Å². The molecule has 0 N–H and O–H groups in total. The number of hydrogen-bond acceptors (Lipinski definition) is 0. The first kappa shape index (κ1) is 18.3. The topological polar surface area (TPSA) is 0 Å². The highest BCUT2D eigenvalue weighted by Gasteiger charge is 2.16. The normalized spacial score (nSPS) is 11.0. The summed E-state index contributed by atoms with van der Waals surface area (Å²) < 4.78 is 0. The molecule has 0 atom stereocenters. The van der Waals surface area contributed by atoms with Crippen molar-refractivity contribution in [3.05, 3.63) is 130 Å². The minimum Gasteiger partial charge on any atom is -0.0622 e. The van der Waals surface area contributed by atoms with Gasteiger partial charge in [0.2, 0.25) is 0 Å². The zero-order valence-electron chi connectivity index (χ0n) is 16.8. The van der Waals surface area contributed by atoms with Crippen LogP contribution in [-0.4, -0.2) is 0 Å². The Bertz CT molecular complexity index is 996. The van der Waals surface area contributed by atoms with Crippen LogP contribution in [0, 0.1) is 20.8 Å². The van der Waals surface area contributed by atoms with E-state index < -0.39 is 0 Å². The van der Waals surface area contributed by atoms with E-state index in [4.69, 9.17) is 0 Å². The molecular weight excluding hydrogens is 336 g/mol. The van der Waals surface area contributed by atoms with E-state index in [1.165, 1.54) is 44.5 Å². The van der Waals surface area contributed by atoms with Crippen molar-refractivity contribution in [2.45, 2.75) is 26.7 Å². The predicted molar refractivity (Wildman–Crippen MR) is 120 cm³/mol. The van der Waals surface area contributed by atoms with Crippen molar-refractivity contribution in [1.29, 1.82) is 0 Å². The molecule has 0 nitrogen and oxygen atoms in total. The summed E-state index contributed by atoms with van der Waals surface area (Å²) in [4.78, 5) is 0. The summed E-state index contributed by atoms with van der Waals surface area (Å²) in [7, 11) is 0. The Hall–Kier alpha value is -3.12. The molecule has 0 saturated heterocycles. The maximum absolute atomic E-state index is 2.29. The Balaban J connectivity index is 1.78. The lowest BCUT2D eigenvalue weighted by Crippen LogP contribution is -2.03. The van der Waals surface area contributed by atoms with Gasteiger partial charge < -0.3 is 0 Å². The smallest absolute Gasteiger partial charge is 0.0339 e. The fraction of sp³-hybridized carbons (Fsp3) is 0.143. The van der Waals surface area contributed by atoms with Crippen LogP contribution in [0.4, 0.5) is 0 Å². The molecule has 138 valence electrons. The van der Waals surface area contributed by atoms with Gasteiger partial charge in [-0.1, -0.05) is 103 Å². The number of aryl methyl sites for hydroxylation is 3. The first-order valence-electron chi connectivity index (χ1n) is 9.91. The fourth-order valence-corrected chi connectivity index (χ4v) is 4.35. The lowest BCUT2D eigenvalue weighted by molar-refractivity contribution is 0.978. The second-order valence-corrected chi connectivity index (χ2v) is 7.65. The second kappa shape index (κ2) is 7.86. The van der Waals surface area contributed by atoms with Crippen LogP contribution in [-0.2, 0) is 0 Å². The molecular formula is C28H26. The average Bonchev–Trinajstić information content (AvgIpc) is 2.70. The number of benzene rings is 4. The van der Waals surface area contributed by atoms with Gasteiger partial charge in [-0.15, -0.1) is 0 Å². The van der Waals surface area contributed by atoms with Gasteiger partial charge in [-0.2, -0.15) is 0 Å². The third-order valence-corrected chi connectivity index (χ3v) is 5.48. The van der Waals surface area contributed by atoms with Gasteiger partial charge in [-0.25, -0.2) is 0 Å². The summed E-state index contributed by atoms with van der Waals surface area (Å²) >= 11 is 0. The van der Waals surface area contributed by atoms with Crippen molar-refractivity contribution < 1.29 is 0 Å². The molecule has 0 saturated carbocycles. The van der Waals surface area contributed by atoms with Gasteiger partial charge in [0.15, 0.2) is 0 Å². The molecule has 0 aliphatic rings. The molecule has 0 aliphatic carbocycles. The first-order chi connectivity index (χ1) is 13.6. The Morgan fingerprint density at radius 2 is 0.929 bits per heavy atom. The highest BCUT2D eigenvalue weighted by atomic mass is 14.2. The summed E-state index contributed by atoms with van der Waals surface area (Å²) in [5.41, 5.74) is 10.6. The van der Waals surface area contributed by atoms with Crippen molar-refractivity contribution in [1.82, 2.24) is 0 Å². The SMILES string of the molecule is Cc1cc(C)c(-c2ccc(C(c3ccccc3)c3ccccc3)cc2)c(C)c1. The molecule has 0 amide bonds. The average molecular weight is 363 g/mol. The quantitative estimate of drug-likeness (QED) is 0.330. The summed E-state index contributed by atoms with van der Waals surface area (Å²) in [5, 5.41) is 0. The lowest BCUT2D eigenvalue weighted by atomic mass is 9.84. The van der Waals surface area contributed by atoms with Crippen LogP contribution in [0.5, 0.6) is 0 Å². The largest absolute Gasteiger partial charge is 0.0622 e. The van der Waals surface area contributed by atoms with E-state index >= 15 is 0 Å². The van der Waals surface area contributed by atoms with Crippen LogP contribution in [0.15, 0.2) is 97.1 Å². The third-order valence-electron chi connectivity index (χ3n) is 5.48. The van der Waals surface area contributed by atoms with E-state index in [2.05, 4.69) is 118 Å². The minimum atomic E-state index is 0.247. The van der Waals surface area contributed by atoms with Crippen LogP contribution in [0.2, 0.25) is 0 Å². The molecule has 28 heavy (non-hydrogen) atoms. The zero-order chi connectivity index (χ0) is 19.5. The maximum atomic E-state index is 2.29. The molecule has 4 rings (SSSR count). The van der Waals surface area contributed by atoms with Gasteiger partial charge in [0.1, 0.15) is 0 Å². The van der Waals surface area contributed by atoms with Crippen LogP contribution in [0.3, 0.4) is 0 Å². The van der Waals surface area contributed by atoms with Gasteiger partial charge in [0, 0.05) is 5.92 Å². The maximum Gasteiger partial charge on any atom is 0.0339 e. The Morgan fingerprint density at radius 3 is 1.39 bits per heavy atom. The van der Waals surface area contributed by atoms with Gasteiger partial charge in [-0.05, 0) is 59.7 Å². The zero-order valence-corrected chi connectivity index (χ0v) is 16.8. The van der Waals surface area contributed by atoms with Crippen molar-refractivity contribution in [2.24, 2.45) is 0 Å². The van der Waals surface area contributed by atoms with Gasteiger partial charge in [0.05, 0.1) is 0 Å². The Morgan fingerprint density at radius 1 is 0.500 bits per heavy atom. The molecule has 0 fully saturated rings. The fourth-order valence-electron chi connectivity index (χ4n) is 4.35. The van der Waals surface area contributed by atoms with Gasteiger partial charge in [0.25, 0.3) is 0 Å². The van der Waals surface area contributed by atoms with Gasteiger partial charge in [-0.3, -0.25) is 0 Å². The lowest BCUT2D eigenvalue weighted by Gasteiger charge is -2.20. The number of rotatable bonds is 4. The highest BCUT2D eigenvalue weighted by molar-refractivity contribution is 5.71. The highest BCUT2D eigenvalue weighted by Crippen LogP contribution is 2.34. The molecule has 0 heterocycles. The van der Waals surface area contributed by atoms with Crippen molar-refractivity contribution in [3.8, 4) is 11.1 Å². The van der Waals surface area contributed by atoms with E-state index in [1.54, 1.807) is 0 Å². The van der Waals surface area contributed by atoms with Crippen molar-refractivity contribution in [2.75, 3.05) is 0 Å². The van der Waals surface area contributed by atoms with Crippen LogP contribution in [0.1, 0.15) is 39.3 Å². The first-order valence-corrected chi connectivity index (χ1v) is 9.91. The molecule has 0 spiro atoms. The van der Waals surface area contributed by atoms with E-state index in [1.807, 2.05) is 0 Å². The summed E-state index contributed by atoms with van der Waals surface area (Å²) in [6, 6.07) is 35.2. The van der Waals surface area contributed by atoms with Crippen molar-refractivity contribution in [3.63, 3.8) is 0 Å². The molecule has 0 heteroatoms. The summed E-state index contributed by atoms with van der Waals surface area (Å²) in [6.07, 6.45) is 0. The molecule has 0 aromatic heterocycles. The Kier molecular flexibility index (Phi) is 5.12. The standard InChI is InChI=1S/C28H26/c1-20-18-21(2)27(22(3)19-20)25-14-16-26(17-15-25)28(23-10-6-4-7-11-23)24-12-8-5-9-13-24/h4-19,28H,1-3H3. The van der Waals surface area contributed by atoms with E-state index in [9.17, 15) is 0 Å². The molecule has 0 aliphatic heterocycles. The van der Waals surface area contributed by atoms with Crippen LogP contribution in [0.25, 0.3) is 11.1 Å². The third kappa shape index (κ3) is 3.64. The summed E-state index contributed by atoms with van der Waals surface area (Å²) in [6.45, 7) is 6.58. The molecule has 0 radical (unpaired) electrons. The van der Waals surface area contributed by atoms with Gasteiger partial charge >= 0.3 is 0 Å². The van der Waals surface area contributed by atoms with E-state index in [-0.39, 0.29) is 5.92 Å². The molecule has 4 aromatic carbocycles. The number of hydrogen-bond donors (Lipinski definition) is 0. The molecule has 4 aromatic rings. The minimum absolute atomic E-state index is 0.247. The van der Waals surface area contributed by atoms with E-state index in [0.717, 1.165) is 0 Å². The Labute approximate surface area is 168 Å².